The summed E-state index contributed by atoms with van der Waals surface area (Å²) in [4.78, 5) is 12.2. The third kappa shape index (κ3) is 2.83. The molecule has 98 valence electrons. The van der Waals surface area contributed by atoms with Crippen LogP contribution in [-0.4, -0.2) is 12.5 Å². The van der Waals surface area contributed by atoms with Crippen LogP contribution in [0.25, 0.3) is 0 Å². The molecule has 0 aliphatic heterocycles. The first-order valence-corrected chi connectivity index (χ1v) is 6.75. The number of amides is 1. The fourth-order valence-corrected chi connectivity index (χ4v) is 2.25. The summed E-state index contributed by atoms with van der Waals surface area (Å²) in [5.74, 6) is -0.0307. The van der Waals surface area contributed by atoms with E-state index in [4.69, 9.17) is 0 Å². The highest BCUT2D eigenvalue weighted by atomic mass is 79.9. The lowest BCUT2D eigenvalue weighted by Gasteiger charge is -2.18. The van der Waals surface area contributed by atoms with E-state index < -0.39 is 0 Å². The minimum atomic E-state index is -0.0307. The zero-order chi connectivity index (χ0) is 14.0. The smallest absolute Gasteiger partial charge is 0.252 e. The molecule has 0 atom stereocenters. The Morgan fingerprint density at radius 2 is 1.39 bits per heavy atom. The van der Waals surface area contributed by atoms with E-state index in [-0.39, 0.29) is 5.91 Å². The summed E-state index contributed by atoms with van der Waals surface area (Å²) >= 11 is 3.24. The van der Waals surface area contributed by atoms with E-state index in [0.29, 0.717) is 6.54 Å². The van der Waals surface area contributed by atoms with Gasteiger partial charge in [0.15, 0.2) is 0 Å². The van der Waals surface area contributed by atoms with Crippen molar-refractivity contribution in [3.63, 3.8) is 0 Å². The summed E-state index contributed by atoms with van der Waals surface area (Å²) < 4.78 is 0.770. The molecule has 2 nitrogen and oxygen atoms in total. The van der Waals surface area contributed by atoms with E-state index in [9.17, 15) is 4.79 Å². The van der Waals surface area contributed by atoms with Crippen molar-refractivity contribution in [3.05, 3.63) is 44.4 Å². The third-order valence-corrected chi connectivity index (χ3v) is 3.95. The minimum Gasteiger partial charge on any atom is -0.347 e. The summed E-state index contributed by atoms with van der Waals surface area (Å²) in [7, 11) is 0. The lowest BCUT2D eigenvalue weighted by Crippen LogP contribution is -2.26. The van der Waals surface area contributed by atoms with E-state index in [1.165, 1.54) is 16.7 Å². The van der Waals surface area contributed by atoms with Crippen molar-refractivity contribution in [2.75, 3.05) is 6.54 Å². The van der Waals surface area contributed by atoms with Gasteiger partial charge >= 0.3 is 0 Å². The molecule has 0 spiro atoms. The predicted molar refractivity (Wildman–Crippen MR) is 80.5 cm³/mol. The molecule has 0 fully saturated rings. The van der Waals surface area contributed by atoms with Crippen LogP contribution >= 0.6 is 15.9 Å². The molecular formula is C15H20BrNO. The standard InChI is InChI=1S/C15H20BrNO/c1-8(16)7-17-15(18)14-12(5)10(3)9(2)11(4)13(14)6/h1,7H2,2-6H3,(H,17,18). The Labute approximate surface area is 118 Å². The quantitative estimate of drug-likeness (QED) is 0.902. The van der Waals surface area contributed by atoms with Gasteiger partial charge in [0.05, 0.1) is 0 Å². The first-order valence-electron chi connectivity index (χ1n) is 5.95. The lowest BCUT2D eigenvalue weighted by atomic mass is 9.89. The highest BCUT2D eigenvalue weighted by Crippen LogP contribution is 2.25. The van der Waals surface area contributed by atoms with Crippen molar-refractivity contribution in [2.45, 2.75) is 34.6 Å². The van der Waals surface area contributed by atoms with E-state index >= 15 is 0 Å². The molecule has 1 aromatic rings. The molecule has 18 heavy (non-hydrogen) atoms. The van der Waals surface area contributed by atoms with Gasteiger partial charge in [-0.1, -0.05) is 22.5 Å². The van der Waals surface area contributed by atoms with Crippen molar-refractivity contribution in [1.29, 1.82) is 0 Å². The molecule has 0 aliphatic carbocycles. The molecule has 0 aliphatic rings. The second-order valence-electron chi connectivity index (χ2n) is 4.70. The predicted octanol–water partition coefficient (Wildman–Crippen LogP) is 3.87. The Morgan fingerprint density at radius 3 is 1.78 bits per heavy atom. The zero-order valence-corrected chi connectivity index (χ0v) is 13.3. The first-order chi connectivity index (χ1) is 8.27. The summed E-state index contributed by atoms with van der Waals surface area (Å²) in [5, 5.41) is 2.87. The van der Waals surface area contributed by atoms with Crippen LogP contribution in [0.1, 0.15) is 38.2 Å². The van der Waals surface area contributed by atoms with Gasteiger partial charge in [-0.3, -0.25) is 4.79 Å². The van der Waals surface area contributed by atoms with E-state index in [1.807, 2.05) is 13.8 Å². The molecule has 0 saturated heterocycles. The van der Waals surface area contributed by atoms with Gasteiger partial charge in [-0.25, -0.2) is 0 Å². The van der Waals surface area contributed by atoms with Gasteiger partial charge in [-0.2, -0.15) is 0 Å². The molecule has 0 saturated carbocycles. The Morgan fingerprint density at radius 1 is 1.00 bits per heavy atom. The van der Waals surface area contributed by atoms with Crippen molar-refractivity contribution in [3.8, 4) is 0 Å². The van der Waals surface area contributed by atoms with E-state index in [1.54, 1.807) is 0 Å². The second kappa shape index (κ2) is 5.70. The fourth-order valence-electron chi connectivity index (χ4n) is 2.11. The average molecular weight is 310 g/mol. The monoisotopic (exact) mass is 309 g/mol. The number of rotatable bonds is 3. The maximum absolute atomic E-state index is 12.2. The number of nitrogens with one attached hydrogen (secondary N) is 1. The van der Waals surface area contributed by atoms with Gasteiger partial charge in [0.1, 0.15) is 0 Å². The normalized spacial score (nSPS) is 10.3. The van der Waals surface area contributed by atoms with Crippen molar-refractivity contribution < 1.29 is 4.79 Å². The second-order valence-corrected chi connectivity index (χ2v) is 5.82. The van der Waals surface area contributed by atoms with E-state index in [0.717, 1.165) is 21.2 Å². The van der Waals surface area contributed by atoms with Crippen LogP contribution in [0, 0.1) is 34.6 Å². The molecule has 0 unspecified atom stereocenters. The van der Waals surface area contributed by atoms with Crippen LogP contribution in [-0.2, 0) is 0 Å². The van der Waals surface area contributed by atoms with Crippen LogP contribution in [0.4, 0.5) is 0 Å². The lowest BCUT2D eigenvalue weighted by molar-refractivity contribution is 0.0956. The number of hydrogen-bond donors (Lipinski definition) is 1. The van der Waals surface area contributed by atoms with Crippen LogP contribution in [0.15, 0.2) is 11.1 Å². The number of benzene rings is 1. The SMILES string of the molecule is C=C(Br)CNC(=O)c1c(C)c(C)c(C)c(C)c1C. The Balaban J connectivity index is 3.24. The number of carbonyl (C=O) groups is 1. The average Bonchev–Trinajstić information content (AvgIpc) is 2.31. The third-order valence-electron chi connectivity index (χ3n) is 3.67. The van der Waals surface area contributed by atoms with Gasteiger partial charge in [-0.05, 0) is 62.4 Å². The Kier molecular flexibility index (Phi) is 4.74. The molecular weight excluding hydrogens is 290 g/mol. The van der Waals surface area contributed by atoms with Gasteiger partial charge in [-0.15, -0.1) is 0 Å². The van der Waals surface area contributed by atoms with Crippen molar-refractivity contribution >= 4 is 21.8 Å². The summed E-state index contributed by atoms with van der Waals surface area (Å²) in [5.41, 5.74) is 6.58. The number of halogens is 1. The highest BCUT2D eigenvalue weighted by molar-refractivity contribution is 9.11. The zero-order valence-electron chi connectivity index (χ0n) is 11.7. The first kappa shape index (κ1) is 15.0. The van der Waals surface area contributed by atoms with Crippen LogP contribution < -0.4 is 5.32 Å². The molecule has 0 aromatic heterocycles. The molecule has 1 aromatic carbocycles. The summed E-state index contributed by atoms with van der Waals surface area (Å²) in [6.45, 7) is 14.4. The topological polar surface area (TPSA) is 29.1 Å². The molecule has 1 amide bonds. The molecule has 1 N–H and O–H groups in total. The van der Waals surface area contributed by atoms with Crippen LogP contribution in [0.5, 0.6) is 0 Å². The van der Waals surface area contributed by atoms with Crippen molar-refractivity contribution in [2.24, 2.45) is 0 Å². The molecule has 0 radical (unpaired) electrons. The fraction of sp³-hybridized carbons (Fsp3) is 0.400. The van der Waals surface area contributed by atoms with Crippen molar-refractivity contribution in [1.82, 2.24) is 5.32 Å². The van der Waals surface area contributed by atoms with Gasteiger partial charge in [0.2, 0.25) is 0 Å². The van der Waals surface area contributed by atoms with Crippen LogP contribution in [0.2, 0.25) is 0 Å². The molecule has 0 heterocycles. The summed E-state index contributed by atoms with van der Waals surface area (Å²) in [6, 6.07) is 0. The molecule has 1 rings (SSSR count). The maximum Gasteiger partial charge on any atom is 0.252 e. The Bertz CT molecular complexity index is 489. The minimum absolute atomic E-state index is 0.0307. The number of carbonyl (C=O) groups excluding carboxylic acids is 1. The number of hydrogen-bond acceptors (Lipinski definition) is 1. The van der Waals surface area contributed by atoms with E-state index in [2.05, 4.69) is 48.6 Å². The van der Waals surface area contributed by atoms with Gasteiger partial charge < -0.3 is 5.32 Å². The van der Waals surface area contributed by atoms with Crippen LogP contribution in [0.3, 0.4) is 0 Å². The maximum atomic E-state index is 12.2. The Hall–Kier alpha value is -1.09. The summed E-state index contributed by atoms with van der Waals surface area (Å²) in [6.07, 6.45) is 0. The highest BCUT2D eigenvalue weighted by Gasteiger charge is 2.17. The van der Waals surface area contributed by atoms with Gasteiger partial charge in [0, 0.05) is 16.6 Å². The molecule has 0 bridgehead atoms. The van der Waals surface area contributed by atoms with Gasteiger partial charge in [0.25, 0.3) is 5.91 Å². The molecule has 3 heteroatoms. The largest absolute Gasteiger partial charge is 0.347 e.